The number of piperidine rings is 1. The van der Waals surface area contributed by atoms with Crippen LogP contribution in [-0.4, -0.2) is 37.9 Å². The van der Waals surface area contributed by atoms with Crippen LogP contribution < -0.4 is 15.8 Å². The minimum Gasteiger partial charge on any atom is -0.491 e. The van der Waals surface area contributed by atoms with Crippen LogP contribution in [0.15, 0.2) is 45.6 Å². The minimum absolute atomic E-state index is 0. The average molecular weight is 565 g/mol. The molecule has 2 heterocycles. The molecule has 1 fully saturated rings. The first kappa shape index (κ1) is 24.9. The van der Waals surface area contributed by atoms with Gasteiger partial charge in [-0.25, -0.2) is 13.4 Å². The van der Waals surface area contributed by atoms with Gasteiger partial charge in [-0.15, -0.1) is 35.3 Å². The van der Waals surface area contributed by atoms with Crippen LogP contribution in [0.25, 0.3) is 0 Å². The molecule has 0 atom stereocenters. The van der Waals surface area contributed by atoms with Crippen molar-refractivity contribution < 1.29 is 13.2 Å². The van der Waals surface area contributed by atoms with E-state index in [2.05, 4.69) is 10.3 Å². The van der Waals surface area contributed by atoms with Crippen molar-refractivity contribution in [2.24, 2.45) is 10.7 Å². The maximum absolute atomic E-state index is 12.7. The first-order chi connectivity index (χ1) is 13.8. The number of nitrogens with two attached hydrogens (primary N) is 1. The van der Waals surface area contributed by atoms with E-state index in [0.29, 0.717) is 23.8 Å². The topological polar surface area (TPSA) is 97.0 Å². The van der Waals surface area contributed by atoms with Gasteiger partial charge in [0.1, 0.15) is 9.96 Å². The summed E-state index contributed by atoms with van der Waals surface area (Å²) in [7, 11) is -3.40. The van der Waals surface area contributed by atoms with Crippen molar-refractivity contribution in [2.75, 3.05) is 18.4 Å². The van der Waals surface area contributed by atoms with Crippen molar-refractivity contribution >= 4 is 57.0 Å². The molecule has 30 heavy (non-hydrogen) atoms. The molecule has 1 saturated heterocycles. The Morgan fingerprint density at radius 2 is 1.83 bits per heavy atom. The van der Waals surface area contributed by atoms with Gasteiger partial charge in [0, 0.05) is 23.7 Å². The fourth-order valence-corrected chi connectivity index (χ4v) is 6.01. The summed E-state index contributed by atoms with van der Waals surface area (Å²) in [5.74, 6) is 1.07. The molecule has 2 aromatic rings. The van der Waals surface area contributed by atoms with Gasteiger partial charge in [0.05, 0.1) is 12.6 Å². The summed E-state index contributed by atoms with van der Waals surface area (Å²) in [5, 5.41) is 3.03. The summed E-state index contributed by atoms with van der Waals surface area (Å²) >= 11 is 1.25. The predicted molar refractivity (Wildman–Crippen MR) is 133 cm³/mol. The largest absolute Gasteiger partial charge is 0.491 e. The molecule has 0 aliphatic carbocycles. The van der Waals surface area contributed by atoms with E-state index in [9.17, 15) is 8.42 Å². The first-order valence-corrected chi connectivity index (χ1v) is 12.0. The average Bonchev–Trinajstić information content (AvgIpc) is 3.18. The lowest BCUT2D eigenvalue weighted by atomic mass is 10.2. The lowest BCUT2D eigenvalue weighted by molar-refractivity contribution is 0.242. The third-order valence-electron chi connectivity index (χ3n) is 4.45. The van der Waals surface area contributed by atoms with Crippen molar-refractivity contribution in [3.63, 3.8) is 0 Å². The number of rotatable bonds is 7. The van der Waals surface area contributed by atoms with Crippen LogP contribution in [0.5, 0.6) is 5.75 Å². The molecule has 0 saturated carbocycles. The molecule has 0 bridgehead atoms. The first-order valence-electron chi connectivity index (χ1n) is 9.77. The lowest BCUT2D eigenvalue weighted by Gasteiger charge is -2.25. The fourth-order valence-electron chi connectivity index (χ4n) is 3.05. The number of benzene rings is 1. The second-order valence-electron chi connectivity index (χ2n) is 7.20. The predicted octanol–water partition coefficient (Wildman–Crippen LogP) is 4.25. The minimum atomic E-state index is -3.40. The maximum Gasteiger partial charge on any atom is 0.252 e. The molecular weight excluding hydrogens is 535 g/mol. The van der Waals surface area contributed by atoms with E-state index in [1.165, 1.54) is 11.3 Å². The normalized spacial score (nSPS) is 15.6. The van der Waals surface area contributed by atoms with Gasteiger partial charge in [0.25, 0.3) is 10.0 Å². The number of aliphatic imine (C=N–C) groups is 1. The summed E-state index contributed by atoms with van der Waals surface area (Å²) in [6.07, 6.45) is 3.06. The highest BCUT2D eigenvalue weighted by Gasteiger charge is 2.27. The molecule has 0 unspecified atom stereocenters. The zero-order valence-corrected chi connectivity index (χ0v) is 21.2. The van der Waals surface area contributed by atoms with Gasteiger partial charge in [-0.05, 0) is 63.1 Å². The van der Waals surface area contributed by atoms with Gasteiger partial charge >= 0.3 is 0 Å². The zero-order chi connectivity index (χ0) is 20.9. The zero-order valence-electron chi connectivity index (χ0n) is 17.2. The van der Waals surface area contributed by atoms with Crippen LogP contribution in [0, 0.1) is 0 Å². The quantitative estimate of drug-likeness (QED) is 0.298. The molecule has 0 spiro atoms. The summed E-state index contributed by atoms with van der Waals surface area (Å²) < 4.78 is 33.0. The van der Waals surface area contributed by atoms with Gasteiger partial charge < -0.3 is 15.8 Å². The molecule has 1 aliphatic heterocycles. The van der Waals surface area contributed by atoms with Gasteiger partial charge in [0.2, 0.25) is 0 Å². The highest BCUT2D eigenvalue weighted by molar-refractivity contribution is 14.0. The van der Waals surface area contributed by atoms with E-state index in [-0.39, 0.29) is 36.0 Å². The van der Waals surface area contributed by atoms with E-state index in [4.69, 9.17) is 10.5 Å². The number of ether oxygens (including phenoxy) is 1. The molecule has 0 radical (unpaired) electrons. The van der Waals surface area contributed by atoms with Crippen molar-refractivity contribution in [3.05, 3.63) is 41.3 Å². The van der Waals surface area contributed by atoms with Crippen LogP contribution in [0.4, 0.5) is 5.69 Å². The second-order valence-corrected chi connectivity index (χ2v) is 10.5. The van der Waals surface area contributed by atoms with Crippen LogP contribution in [0.1, 0.15) is 38.0 Å². The lowest BCUT2D eigenvalue weighted by Crippen LogP contribution is -2.35. The Hall–Kier alpha value is -1.37. The van der Waals surface area contributed by atoms with Crippen LogP contribution in [0.3, 0.4) is 0 Å². The van der Waals surface area contributed by atoms with Gasteiger partial charge in [-0.1, -0.05) is 6.42 Å². The molecule has 1 aromatic heterocycles. The molecular formula is C20H29IN4O3S2. The van der Waals surface area contributed by atoms with E-state index < -0.39 is 10.0 Å². The Morgan fingerprint density at radius 3 is 2.47 bits per heavy atom. The molecule has 3 rings (SSSR count). The van der Waals surface area contributed by atoms with E-state index in [1.807, 2.05) is 38.1 Å². The Morgan fingerprint density at radius 1 is 1.17 bits per heavy atom. The Kier molecular flexibility index (Phi) is 9.38. The van der Waals surface area contributed by atoms with Crippen molar-refractivity contribution in [1.82, 2.24) is 4.31 Å². The number of guanidine groups is 1. The fraction of sp³-hybridized carbons (Fsp3) is 0.450. The van der Waals surface area contributed by atoms with E-state index >= 15 is 0 Å². The van der Waals surface area contributed by atoms with Crippen molar-refractivity contribution in [2.45, 2.75) is 50.0 Å². The molecule has 166 valence electrons. The number of anilines is 1. The molecule has 7 nitrogen and oxygen atoms in total. The Labute approximate surface area is 199 Å². The van der Waals surface area contributed by atoms with Gasteiger partial charge in [-0.2, -0.15) is 4.31 Å². The number of halogens is 1. The van der Waals surface area contributed by atoms with Crippen molar-refractivity contribution in [3.8, 4) is 5.75 Å². The van der Waals surface area contributed by atoms with Gasteiger partial charge in [-0.3, -0.25) is 0 Å². The standard InChI is InChI=1S/C20H28N4O3S2.HI/c1-15(2)27-17-8-6-16(7-9-17)23-20(21)22-14-18-10-11-19(28-18)29(25,26)24-12-4-3-5-13-24;/h6-11,15H,3-5,12-14H2,1-2H3,(H3,21,22,23);1H. The van der Waals surface area contributed by atoms with Crippen molar-refractivity contribution in [1.29, 1.82) is 0 Å². The number of sulfonamides is 1. The van der Waals surface area contributed by atoms with Crippen LogP contribution in [-0.2, 0) is 16.6 Å². The molecule has 0 amide bonds. The third kappa shape index (κ3) is 6.82. The number of nitrogens with zero attached hydrogens (tertiary/aromatic N) is 2. The molecule has 1 aromatic carbocycles. The second kappa shape index (κ2) is 11.3. The van der Waals surface area contributed by atoms with E-state index in [0.717, 1.165) is 35.6 Å². The highest BCUT2D eigenvalue weighted by atomic mass is 127. The number of hydrogen-bond donors (Lipinski definition) is 2. The molecule has 3 N–H and O–H groups in total. The van der Waals surface area contributed by atoms with Crippen LogP contribution >= 0.6 is 35.3 Å². The molecule has 10 heteroatoms. The summed E-state index contributed by atoms with van der Waals surface area (Å²) in [6.45, 7) is 5.49. The SMILES string of the molecule is CC(C)Oc1ccc(NC(N)=NCc2ccc(S(=O)(=O)N3CCCCC3)s2)cc1.I. The number of hydrogen-bond acceptors (Lipinski definition) is 5. The molecule has 1 aliphatic rings. The summed E-state index contributed by atoms with van der Waals surface area (Å²) in [6, 6.07) is 10.9. The number of thiophene rings is 1. The maximum atomic E-state index is 12.7. The van der Waals surface area contributed by atoms with Gasteiger partial charge in [0.15, 0.2) is 5.96 Å². The number of nitrogens with one attached hydrogen (secondary N) is 1. The highest BCUT2D eigenvalue weighted by Crippen LogP contribution is 2.27. The Bertz CT molecular complexity index is 937. The Balaban J connectivity index is 0.00000320. The summed E-state index contributed by atoms with van der Waals surface area (Å²) in [4.78, 5) is 5.18. The third-order valence-corrected chi connectivity index (χ3v) is 7.89. The smallest absolute Gasteiger partial charge is 0.252 e. The monoisotopic (exact) mass is 564 g/mol. The summed E-state index contributed by atoms with van der Waals surface area (Å²) in [5.41, 5.74) is 6.77. The van der Waals surface area contributed by atoms with Crippen LogP contribution in [0.2, 0.25) is 0 Å². The van der Waals surface area contributed by atoms with E-state index in [1.54, 1.807) is 16.4 Å².